The van der Waals surface area contributed by atoms with E-state index in [0.29, 0.717) is 0 Å². The molecule has 1 aromatic carbocycles. The van der Waals surface area contributed by atoms with Crippen molar-refractivity contribution >= 4 is 76.3 Å². The summed E-state index contributed by atoms with van der Waals surface area (Å²) in [6.07, 6.45) is 3.60. The molecule has 0 aliphatic rings. The summed E-state index contributed by atoms with van der Waals surface area (Å²) in [5.74, 6) is 0. The Hall–Kier alpha value is -1.60. The van der Waals surface area contributed by atoms with Crippen LogP contribution < -0.4 is 0 Å². The minimum absolute atomic E-state index is 0.977. The molecule has 5 rings (SSSR count). The van der Waals surface area contributed by atoms with Crippen molar-refractivity contribution in [2.24, 2.45) is 0 Å². The number of rotatable bonds is 0. The monoisotopic (exact) mass is 504 g/mol. The van der Waals surface area contributed by atoms with Crippen LogP contribution >= 0.6 is 54.5 Å². The van der Waals surface area contributed by atoms with Gasteiger partial charge in [-0.15, -0.1) is 22.7 Å². The van der Waals surface area contributed by atoms with E-state index in [2.05, 4.69) is 66.1 Å². The average Bonchev–Trinajstić information content (AvgIpc) is 3.36. The highest BCUT2D eigenvalue weighted by Gasteiger charge is 2.00. The van der Waals surface area contributed by atoms with Crippen LogP contribution in [0.3, 0.4) is 0 Å². The van der Waals surface area contributed by atoms with Crippen molar-refractivity contribution in [2.45, 2.75) is 0 Å². The Bertz CT molecular complexity index is 975. The minimum atomic E-state index is 0.977. The molecular formula is C20H14Br2N2S2. The van der Waals surface area contributed by atoms with Gasteiger partial charge in [0.15, 0.2) is 0 Å². The third-order valence-corrected chi connectivity index (χ3v) is 6.28. The molecule has 0 atom stereocenters. The maximum atomic E-state index is 4.35. The molecule has 0 radical (unpaired) electrons. The Morgan fingerprint density at radius 3 is 1.35 bits per heavy atom. The van der Waals surface area contributed by atoms with Crippen LogP contribution in [0.5, 0.6) is 0 Å². The number of aromatic nitrogens is 2. The van der Waals surface area contributed by atoms with E-state index in [1.807, 2.05) is 47.2 Å². The SMILES string of the molecule is Brc1cccs1.Brc1cccs1.c1cnc2c(c1)ccc1cccnc12. The Morgan fingerprint density at radius 1 is 0.577 bits per heavy atom. The van der Waals surface area contributed by atoms with Gasteiger partial charge in [0.1, 0.15) is 0 Å². The fraction of sp³-hybridized carbons (Fsp3) is 0. The van der Waals surface area contributed by atoms with Crippen LogP contribution in [-0.4, -0.2) is 9.97 Å². The van der Waals surface area contributed by atoms with E-state index in [0.717, 1.165) is 21.8 Å². The van der Waals surface area contributed by atoms with E-state index in [-0.39, 0.29) is 0 Å². The Kier molecular flexibility index (Phi) is 7.32. The number of fused-ring (bicyclic) bond motifs is 3. The van der Waals surface area contributed by atoms with E-state index >= 15 is 0 Å². The van der Waals surface area contributed by atoms with Crippen LogP contribution in [0, 0.1) is 0 Å². The Morgan fingerprint density at radius 2 is 1.04 bits per heavy atom. The number of thiophene rings is 2. The first-order valence-electron chi connectivity index (χ1n) is 7.70. The molecule has 0 fully saturated rings. The van der Waals surface area contributed by atoms with E-state index < -0.39 is 0 Å². The molecule has 0 N–H and O–H groups in total. The third-order valence-electron chi connectivity index (χ3n) is 3.32. The summed E-state index contributed by atoms with van der Waals surface area (Å²) in [5, 5.41) is 6.34. The highest BCUT2D eigenvalue weighted by molar-refractivity contribution is 9.11. The zero-order chi connectivity index (χ0) is 18.2. The Labute approximate surface area is 176 Å². The second-order valence-corrected chi connectivity index (χ2v) is 9.70. The van der Waals surface area contributed by atoms with Crippen LogP contribution in [0.1, 0.15) is 0 Å². The second kappa shape index (κ2) is 9.92. The first-order chi connectivity index (χ1) is 12.7. The standard InChI is InChI=1S/C12H8N2.2C4H3BrS/c1-3-9-5-6-10-4-2-8-14-12(10)11(9)13-7-1;2*5-4-2-1-3-6-4/h1-8H;2*1-3H. The van der Waals surface area contributed by atoms with Crippen molar-refractivity contribution < 1.29 is 0 Å². The maximum Gasteiger partial charge on any atom is 0.0964 e. The smallest absolute Gasteiger partial charge is 0.0964 e. The van der Waals surface area contributed by atoms with E-state index in [9.17, 15) is 0 Å². The number of pyridine rings is 2. The normalized spacial score (nSPS) is 9.92. The molecule has 0 unspecified atom stereocenters. The van der Waals surface area contributed by atoms with Crippen molar-refractivity contribution in [1.29, 1.82) is 0 Å². The van der Waals surface area contributed by atoms with Gasteiger partial charge in [-0.2, -0.15) is 0 Å². The van der Waals surface area contributed by atoms with Crippen molar-refractivity contribution in [1.82, 2.24) is 9.97 Å². The van der Waals surface area contributed by atoms with Crippen LogP contribution in [0.15, 0.2) is 91.4 Å². The van der Waals surface area contributed by atoms with Gasteiger partial charge in [0.2, 0.25) is 0 Å². The van der Waals surface area contributed by atoms with Crippen molar-refractivity contribution in [3.05, 3.63) is 91.4 Å². The van der Waals surface area contributed by atoms with Gasteiger partial charge < -0.3 is 0 Å². The summed E-state index contributed by atoms with van der Waals surface area (Å²) in [7, 11) is 0. The first kappa shape index (κ1) is 19.2. The van der Waals surface area contributed by atoms with Crippen molar-refractivity contribution in [3.8, 4) is 0 Å². The van der Waals surface area contributed by atoms with Gasteiger partial charge in [-0.1, -0.05) is 36.4 Å². The summed E-state index contributed by atoms with van der Waals surface area (Å²) in [6, 6.07) is 20.2. The fourth-order valence-corrected chi connectivity index (χ4v) is 4.04. The van der Waals surface area contributed by atoms with Gasteiger partial charge in [-0.3, -0.25) is 9.97 Å². The van der Waals surface area contributed by atoms with Crippen molar-refractivity contribution in [2.75, 3.05) is 0 Å². The van der Waals surface area contributed by atoms with Crippen LogP contribution in [-0.2, 0) is 0 Å². The number of nitrogens with zero attached hydrogens (tertiary/aromatic N) is 2. The summed E-state index contributed by atoms with van der Waals surface area (Å²) >= 11 is 9.99. The zero-order valence-electron chi connectivity index (χ0n) is 13.5. The van der Waals surface area contributed by atoms with Crippen LogP contribution in [0.25, 0.3) is 21.8 Å². The lowest BCUT2D eigenvalue weighted by Gasteiger charge is -2.00. The summed E-state index contributed by atoms with van der Waals surface area (Å²) in [4.78, 5) is 8.69. The maximum absolute atomic E-state index is 4.35. The lowest BCUT2D eigenvalue weighted by atomic mass is 10.1. The summed E-state index contributed by atoms with van der Waals surface area (Å²) in [5.41, 5.74) is 1.95. The predicted molar refractivity (Wildman–Crippen MR) is 121 cm³/mol. The van der Waals surface area contributed by atoms with E-state index in [1.54, 1.807) is 35.1 Å². The van der Waals surface area contributed by atoms with Crippen LogP contribution in [0.4, 0.5) is 0 Å². The van der Waals surface area contributed by atoms with Gasteiger partial charge in [-0.05, 0) is 66.9 Å². The lowest BCUT2D eigenvalue weighted by Crippen LogP contribution is -1.83. The molecular weight excluding hydrogens is 492 g/mol. The molecule has 0 bridgehead atoms. The number of hydrogen-bond acceptors (Lipinski definition) is 4. The highest BCUT2D eigenvalue weighted by Crippen LogP contribution is 2.20. The molecule has 0 aliphatic heterocycles. The van der Waals surface area contributed by atoms with Crippen LogP contribution in [0.2, 0.25) is 0 Å². The fourth-order valence-electron chi connectivity index (χ4n) is 2.20. The topological polar surface area (TPSA) is 25.8 Å². The molecule has 130 valence electrons. The number of hydrogen-bond donors (Lipinski definition) is 0. The molecule has 0 amide bonds. The highest BCUT2D eigenvalue weighted by atomic mass is 79.9. The average molecular weight is 506 g/mol. The molecule has 0 saturated carbocycles. The van der Waals surface area contributed by atoms with Gasteiger partial charge >= 0.3 is 0 Å². The zero-order valence-corrected chi connectivity index (χ0v) is 18.4. The number of benzene rings is 1. The van der Waals surface area contributed by atoms with Gasteiger partial charge in [0, 0.05) is 23.2 Å². The third kappa shape index (κ3) is 5.45. The molecule has 0 saturated heterocycles. The largest absolute Gasteiger partial charge is 0.254 e. The molecule has 5 aromatic rings. The van der Waals surface area contributed by atoms with E-state index in [1.165, 1.54) is 7.57 Å². The first-order valence-corrected chi connectivity index (χ1v) is 11.0. The molecule has 0 aliphatic carbocycles. The summed E-state index contributed by atoms with van der Waals surface area (Å²) in [6.45, 7) is 0. The van der Waals surface area contributed by atoms with Crippen molar-refractivity contribution in [3.63, 3.8) is 0 Å². The Balaban J connectivity index is 0.000000135. The summed E-state index contributed by atoms with van der Waals surface area (Å²) < 4.78 is 2.39. The van der Waals surface area contributed by atoms with E-state index in [4.69, 9.17) is 0 Å². The second-order valence-electron chi connectivity index (χ2n) is 5.05. The minimum Gasteiger partial charge on any atom is -0.254 e. The van der Waals surface area contributed by atoms with Gasteiger partial charge in [-0.25, -0.2) is 0 Å². The lowest BCUT2D eigenvalue weighted by molar-refractivity contribution is 1.37. The molecule has 26 heavy (non-hydrogen) atoms. The quantitative estimate of drug-likeness (QED) is 0.200. The predicted octanol–water partition coefficient (Wildman–Crippen LogP) is 7.80. The number of halogens is 2. The molecule has 6 heteroatoms. The molecule has 0 spiro atoms. The molecule has 4 aromatic heterocycles. The molecule has 4 heterocycles. The molecule has 2 nitrogen and oxygen atoms in total. The van der Waals surface area contributed by atoms with Gasteiger partial charge in [0.25, 0.3) is 0 Å². The van der Waals surface area contributed by atoms with Gasteiger partial charge in [0.05, 0.1) is 18.6 Å².